The summed E-state index contributed by atoms with van der Waals surface area (Å²) in [6, 6.07) is 8.04. The smallest absolute Gasteiger partial charge is 0.255 e. The number of hydrogen-bond acceptors (Lipinski definition) is 4. The number of carbonyl (C=O) groups excluding carboxylic acids is 2. The van der Waals surface area contributed by atoms with Gasteiger partial charge in [-0.05, 0) is 66.5 Å². The maximum atomic E-state index is 13.5. The van der Waals surface area contributed by atoms with Crippen molar-refractivity contribution in [1.82, 2.24) is 14.8 Å². The zero-order chi connectivity index (χ0) is 23.4. The number of piperidine rings is 1. The van der Waals surface area contributed by atoms with Crippen LogP contribution in [0.25, 0.3) is 0 Å². The number of halogens is 2. The standard InChI is InChI=1S/C26H26F2N4O2/c1-30-24(34)18-3-2-17(12-21(18)25(30)4-5-25)32-14-16-11-19(16)20-10-15(13-29-22(20)32)23(33)31-8-6-26(27,28)7-9-31/h2-3,10,12-13,16,19H,4-9,11,14H2,1H3. The summed E-state index contributed by atoms with van der Waals surface area (Å²) in [6.07, 6.45) is 4.09. The minimum atomic E-state index is -2.68. The van der Waals surface area contributed by atoms with Crippen LogP contribution in [0.4, 0.5) is 20.3 Å². The van der Waals surface area contributed by atoms with Crippen LogP contribution in [0.3, 0.4) is 0 Å². The lowest BCUT2D eigenvalue weighted by Gasteiger charge is -2.33. The van der Waals surface area contributed by atoms with Crippen molar-refractivity contribution in [3.8, 4) is 0 Å². The summed E-state index contributed by atoms with van der Waals surface area (Å²) in [5.74, 6) is -1.02. The molecule has 2 amide bonds. The van der Waals surface area contributed by atoms with Gasteiger partial charge in [0.25, 0.3) is 17.7 Å². The molecule has 1 aromatic carbocycles. The fraction of sp³-hybridized carbons (Fsp3) is 0.500. The number of alkyl halides is 2. The first-order valence-corrected chi connectivity index (χ1v) is 12.1. The van der Waals surface area contributed by atoms with Crippen LogP contribution in [0.2, 0.25) is 0 Å². The molecule has 2 saturated carbocycles. The quantitative estimate of drug-likeness (QED) is 0.666. The zero-order valence-electron chi connectivity index (χ0n) is 19.1. The van der Waals surface area contributed by atoms with E-state index in [0.29, 0.717) is 17.4 Å². The van der Waals surface area contributed by atoms with Crippen molar-refractivity contribution in [3.63, 3.8) is 0 Å². The third-order valence-corrected chi connectivity index (χ3v) is 8.64. The predicted molar refractivity (Wildman–Crippen MR) is 122 cm³/mol. The lowest BCUT2D eigenvalue weighted by molar-refractivity contribution is -0.0494. The SMILES string of the molecule is CN1C(=O)c2ccc(N3CC4CC4c4cc(C(=O)N5CCC(F)(F)CC5)cnc43)cc2C12CC2. The van der Waals surface area contributed by atoms with E-state index in [0.717, 1.165) is 54.0 Å². The van der Waals surface area contributed by atoms with Crippen molar-refractivity contribution in [3.05, 3.63) is 52.7 Å². The molecule has 0 bridgehead atoms. The van der Waals surface area contributed by atoms with Gasteiger partial charge in [0, 0.05) is 57.0 Å². The van der Waals surface area contributed by atoms with Gasteiger partial charge in [0.05, 0.1) is 11.1 Å². The maximum Gasteiger partial charge on any atom is 0.255 e. The van der Waals surface area contributed by atoms with Gasteiger partial charge in [-0.3, -0.25) is 9.59 Å². The summed E-state index contributed by atoms with van der Waals surface area (Å²) in [4.78, 5) is 36.1. The molecule has 2 aromatic rings. The molecule has 176 valence electrons. The molecule has 1 aromatic heterocycles. The molecule has 4 heterocycles. The van der Waals surface area contributed by atoms with Gasteiger partial charge >= 0.3 is 0 Å². The molecule has 7 rings (SSSR count). The van der Waals surface area contributed by atoms with Crippen molar-refractivity contribution in [2.45, 2.75) is 49.5 Å². The Morgan fingerprint density at radius 2 is 1.88 bits per heavy atom. The van der Waals surface area contributed by atoms with Gasteiger partial charge < -0.3 is 14.7 Å². The Morgan fingerprint density at radius 3 is 2.62 bits per heavy atom. The molecule has 1 saturated heterocycles. The van der Waals surface area contributed by atoms with Crippen LogP contribution >= 0.6 is 0 Å². The Balaban J connectivity index is 1.21. The van der Waals surface area contributed by atoms with Gasteiger partial charge in [0.15, 0.2) is 0 Å². The Hall–Kier alpha value is -3.03. The van der Waals surface area contributed by atoms with E-state index in [9.17, 15) is 18.4 Å². The molecule has 3 fully saturated rings. The number of benzene rings is 1. The summed E-state index contributed by atoms with van der Waals surface area (Å²) in [5, 5.41) is 0. The molecule has 0 radical (unpaired) electrons. The Kier molecular flexibility index (Phi) is 3.92. The van der Waals surface area contributed by atoms with Gasteiger partial charge in [-0.25, -0.2) is 13.8 Å². The first-order valence-electron chi connectivity index (χ1n) is 12.1. The minimum Gasteiger partial charge on any atom is -0.338 e. The van der Waals surface area contributed by atoms with Crippen LogP contribution in [-0.4, -0.2) is 59.2 Å². The van der Waals surface area contributed by atoms with Crippen molar-refractivity contribution in [1.29, 1.82) is 0 Å². The van der Waals surface area contributed by atoms with Crippen molar-refractivity contribution in [2.75, 3.05) is 31.6 Å². The number of aromatic nitrogens is 1. The molecule has 8 heteroatoms. The molecule has 0 N–H and O–H groups in total. The minimum absolute atomic E-state index is 0.0745. The third-order valence-electron chi connectivity index (χ3n) is 8.64. The second kappa shape index (κ2) is 6.55. The van der Waals surface area contributed by atoms with E-state index in [1.165, 1.54) is 4.90 Å². The number of nitrogens with zero attached hydrogens (tertiary/aromatic N) is 4. The molecule has 5 aliphatic rings. The first-order chi connectivity index (χ1) is 16.3. The van der Waals surface area contributed by atoms with Gasteiger partial charge in [-0.15, -0.1) is 0 Å². The summed E-state index contributed by atoms with van der Waals surface area (Å²) in [7, 11) is 1.89. The van der Waals surface area contributed by atoms with Crippen LogP contribution in [0.1, 0.15) is 69.9 Å². The molecule has 1 spiro atoms. The Morgan fingerprint density at radius 1 is 1.12 bits per heavy atom. The van der Waals surface area contributed by atoms with Gasteiger partial charge in [0.1, 0.15) is 5.82 Å². The molecule has 6 nitrogen and oxygen atoms in total. The fourth-order valence-corrected chi connectivity index (χ4v) is 6.24. The average molecular weight is 465 g/mol. The van der Waals surface area contributed by atoms with Gasteiger partial charge in [0.2, 0.25) is 0 Å². The molecular formula is C26H26F2N4O2. The molecule has 34 heavy (non-hydrogen) atoms. The number of anilines is 2. The third kappa shape index (κ3) is 2.80. The topological polar surface area (TPSA) is 56.8 Å². The number of amides is 2. The van der Waals surface area contributed by atoms with E-state index in [4.69, 9.17) is 4.98 Å². The largest absolute Gasteiger partial charge is 0.338 e. The Labute approximate surface area is 196 Å². The summed E-state index contributed by atoms with van der Waals surface area (Å²) in [5.41, 5.74) is 4.35. The van der Waals surface area contributed by atoms with Crippen LogP contribution in [0.15, 0.2) is 30.5 Å². The van der Waals surface area contributed by atoms with Crippen molar-refractivity contribution >= 4 is 23.3 Å². The predicted octanol–water partition coefficient (Wildman–Crippen LogP) is 4.28. The summed E-state index contributed by atoms with van der Waals surface area (Å²) in [6.45, 7) is 1.02. The monoisotopic (exact) mass is 464 g/mol. The number of likely N-dealkylation sites (tertiary alicyclic amines) is 1. The number of carbonyl (C=O) groups is 2. The first kappa shape index (κ1) is 20.4. The second-order valence-electron chi connectivity index (χ2n) is 10.6. The highest BCUT2D eigenvalue weighted by Crippen LogP contribution is 2.58. The summed E-state index contributed by atoms with van der Waals surface area (Å²) < 4.78 is 27.1. The fourth-order valence-electron chi connectivity index (χ4n) is 6.24. The lowest BCUT2D eigenvalue weighted by Crippen LogP contribution is -2.42. The zero-order valence-corrected chi connectivity index (χ0v) is 19.1. The van der Waals surface area contributed by atoms with Crippen LogP contribution in [-0.2, 0) is 5.54 Å². The van der Waals surface area contributed by atoms with Crippen molar-refractivity contribution in [2.24, 2.45) is 5.92 Å². The molecule has 3 aliphatic heterocycles. The lowest BCUT2D eigenvalue weighted by atomic mass is 9.99. The van der Waals surface area contributed by atoms with E-state index >= 15 is 0 Å². The average Bonchev–Trinajstić information content (AvgIpc) is 3.75. The summed E-state index contributed by atoms with van der Waals surface area (Å²) >= 11 is 0. The molecular weight excluding hydrogens is 438 g/mol. The number of hydrogen-bond donors (Lipinski definition) is 0. The second-order valence-corrected chi connectivity index (χ2v) is 10.6. The van der Waals surface area contributed by atoms with Gasteiger partial charge in [-0.1, -0.05) is 0 Å². The normalized spacial score (nSPS) is 27.4. The molecule has 2 unspecified atom stereocenters. The highest BCUT2D eigenvalue weighted by Gasteiger charge is 2.56. The highest BCUT2D eigenvalue weighted by molar-refractivity contribution is 6.01. The number of fused-ring (bicyclic) bond motifs is 5. The van der Waals surface area contributed by atoms with Crippen LogP contribution < -0.4 is 4.90 Å². The van der Waals surface area contributed by atoms with E-state index in [-0.39, 0.29) is 43.3 Å². The van der Waals surface area contributed by atoms with E-state index in [1.807, 2.05) is 30.1 Å². The maximum absolute atomic E-state index is 13.5. The van der Waals surface area contributed by atoms with E-state index < -0.39 is 5.92 Å². The number of rotatable bonds is 2. The molecule has 2 aliphatic carbocycles. The van der Waals surface area contributed by atoms with E-state index in [2.05, 4.69) is 11.0 Å². The molecule has 2 atom stereocenters. The van der Waals surface area contributed by atoms with Crippen LogP contribution in [0, 0.1) is 5.92 Å². The van der Waals surface area contributed by atoms with E-state index in [1.54, 1.807) is 6.20 Å². The Bertz CT molecular complexity index is 1250. The highest BCUT2D eigenvalue weighted by atomic mass is 19.3. The number of pyridine rings is 1. The van der Waals surface area contributed by atoms with Gasteiger partial charge in [-0.2, -0.15) is 0 Å². The van der Waals surface area contributed by atoms with Crippen LogP contribution in [0.5, 0.6) is 0 Å². The van der Waals surface area contributed by atoms with Crippen molar-refractivity contribution < 1.29 is 18.4 Å².